The molecule has 4 N–H and O–H groups in total. The highest BCUT2D eigenvalue weighted by Gasteiger charge is 2.06. The molecular weight excluding hydrogens is 226 g/mol. The Morgan fingerprint density at radius 3 is 2.83 bits per heavy atom. The van der Waals surface area contributed by atoms with Gasteiger partial charge in [0.2, 0.25) is 0 Å². The second-order valence-corrected chi connectivity index (χ2v) is 2.86. The molecule has 0 saturated carbocycles. The third-order valence-electron chi connectivity index (χ3n) is 1.22. The maximum absolute atomic E-state index is 10.4. The van der Waals surface area contributed by atoms with Gasteiger partial charge < -0.3 is 10.5 Å². The van der Waals surface area contributed by atoms with E-state index >= 15 is 0 Å². The Hall–Kier alpha value is -1.14. The van der Waals surface area contributed by atoms with Crippen LogP contribution in [-0.2, 0) is 0 Å². The quantitative estimate of drug-likeness (QED) is 0.519. The van der Waals surface area contributed by atoms with Crippen molar-refractivity contribution in [3.8, 4) is 0 Å². The summed E-state index contributed by atoms with van der Waals surface area (Å²) in [5, 5.41) is 8.56. The van der Waals surface area contributed by atoms with Crippen LogP contribution in [0.4, 0.5) is 5.82 Å². The number of halogens is 1. The number of nitrogens with two attached hydrogens (primary N) is 1. The van der Waals surface area contributed by atoms with Crippen molar-refractivity contribution in [2.45, 2.75) is 0 Å². The van der Waals surface area contributed by atoms with Crippen molar-refractivity contribution in [1.29, 1.82) is 0 Å². The van der Waals surface area contributed by atoms with E-state index in [0.717, 1.165) is 0 Å². The van der Waals surface area contributed by atoms with Crippen molar-refractivity contribution < 1.29 is 9.90 Å². The summed E-state index contributed by atoms with van der Waals surface area (Å²) in [5.74, 6) is 4.47. The van der Waals surface area contributed by atoms with Gasteiger partial charge in [-0.25, -0.2) is 15.6 Å². The van der Waals surface area contributed by atoms with Crippen molar-refractivity contribution in [3.63, 3.8) is 0 Å². The van der Waals surface area contributed by atoms with E-state index in [1.165, 1.54) is 12.3 Å². The minimum absolute atomic E-state index is 0.112. The molecule has 1 aromatic rings. The Morgan fingerprint density at radius 1 is 1.75 bits per heavy atom. The first kappa shape index (κ1) is 8.95. The first-order valence-electron chi connectivity index (χ1n) is 3.00. The molecule has 0 unspecified atom stereocenters. The van der Waals surface area contributed by atoms with E-state index in [4.69, 9.17) is 10.9 Å². The molecule has 1 aromatic heterocycles. The summed E-state index contributed by atoms with van der Waals surface area (Å²) in [6.07, 6.45) is 1.22. The summed E-state index contributed by atoms with van der Waals surface area (Å²) in [6.45, 7) is 0. The van der Waals surface area contributed by atoms with Gasteiger partial charge >= 0.3 is 5.97 Å². The van der Waals surface area contributed by atoms with Gasteiger partial charge in [0, 0.05) is 6.20 Å². The topological polar surface area (TPSA) is 88.2 Å². The molecule has 1 heterocycles. The monoisotopic (exact) mass is 231 g/mol. The standard InChI is InChI=1S/C6H6BrN3O2/c7-4-1-3(6(11)12)2-9-5(4)10-8/h1-2H,8H2,(H,9,10)(H,11,12). The van der Waals surface area contributed by atoms with Gasteiger partial charge in [0.25, 0.3) is 0 Å². The molecule has 0 amide bonds. The Bertz CT molecular complexity index is 316. The fourth-order valence-corrected chi connectivity index (χ4v) is 1.12. The molecule has 0 fully saturated rings. The molecule has 64 valence electrons. The summed E-state index contributed by atoms with van der Waals surface area (Å²) < 4.78 is 0.518. The lowest BCUT2D eigenvalue weighted by Gasteiger charge is -2.01. The zero-order chi connectivity index (χ0) is 9.14. The van der Waals surface area contributed by atoms with Crippen LogP contribution in [0.1, 0.15) is 10.4 Å². The molecule has 0 aliphatic heterocycles. The van der Waals surface area contributed by atoms with Crippen molar-refractivity contribution in [1.82, 2.24) is 4.98 Å². The number of nitrogen functional groups attached to an aromatic ring is 1. The first-order chi connectivity index (χ1) is 5.65. The predicted octanol–water partition coefficient (Wildman–Crippen LogP) is 0.828. The maximum atomic E-state index is 10.4. The van der Waals surface area contributed by atoms with E-state index in [1.807, 2.05) is 0 Å². The van der Waals surface area contributed by atoms with Gasteiger partial charge in [0.05, 0.1) is 10.0 Å². The van der Waals surface area contributed by atoms with Crippen LogP contribution in [-0.4, -0.2) is 16.1 Å². The lowest BCUT2D eigenvalue weighted by molar-refractivity contribution is 0.0696. The molecule has 1 rings (SSSR count). The number of nitrogens with one attached hydrogen (secondary N) is 1. The molecule has 6 heteroatoms. The number of carboxylic acid groups (broad SMARTS) is 1. The van der Waals surface area contributed by atoms with Crippen LogP contribution in [0.3, 0.4) is 0 Å². The van der Waals surface area contributed by atoms with E-state index < -0.39 is 5.97 Å². The maximum Gasteiger partial charge on any atom is 0.337 e. The zero-order valence-electron chi connectivity index (χ0n) is 5.91. The highest BCUT2D eigenvalue weighted by atomic mass is 79.9. The van der Waals surface area contributed by atoms with Crippen molar-refractivity contribution in [2.75, 3.05) is 5.43 Å². The number of carbonyl (C=O) groups is 1. The van der Waals surface area contributed by atoms with Crippen molar-refractivity contribution in [2.24, 2.45) is 5.84 Å². The van der Waals surface area contributed by atoms with E-state index in [9.17, 15) is 4.79 Å². The van der Waals surface area contributed by atoms with Gasteiger partial charge in [-0.05, 0) is 22.0 Å². The molecule has 0 atom stereocenters. The summed E-state index contributed by atoms with van der Waals surface area (Å²) in [5.41, 5.74) is 2.42. The number of nitrogens with zero attached hydrogens (tertiary/aromatic N) is 1. The van der Waals surface area contributed by atoms with Gasteiger partial charge in [-0.1, -0.05) is 0 Å². The molecule has 12 heavy (non-hydrogen) atoms. The number of hydrazine groups is 1. The van der Waals surface area contributed by atoms with Gasteiger partial charge in [-0.3, -0.25) is 0 Å². The largest absolute Gasteiger partial charge is 0.478 e. The third-order valence-corrected chi connectivity index (χ3v) is 1.83. The lowest BCUT2D eigenvalue weighted by Crippen LogP contribution is -2.10. The number of hydrogen-bond donors (Lipinski definition) is 3. The Labute approximate surface area is 76.7 Å². The number of rotatable bonds is 2. The van der Waals surface area contributed by atoms with E-state index in [0.29, 0.717) is 10.3 Å². The smallest absolute Gasteiger partial charge is 0.337 e. The number of aromatic carboxylic acids is 1. The van der Waals surface area contributed by atoms with Gasteiger partial charge in [0.1, 0.15) is 0 Å². The second-order valence-electron chi connectivity index (χ2n) is 2.00. The second kappa shape index (κ2) is 3.51. The van der Waals surface area contributed by atoms with Gasteiger partial charge in [-0.2, -0.15) is 0 Å². The predicted molar refractivity (Wildman–Crippen MR) is 46.7 cm³/mol. The van der Waals surface area contributed by atoms with Crippen LogP contribution in [0.2, 0.25) is 0 Å². The van der Waals surface area contributed by atoms with Crippen LogP contribution in [0.25, 0.3) is 0 Å². The fraction of sp³-hybridized carbons (Fsp3) is 0. The number of anilines is 1. The van der Waals surface area contributed by atoms with Gasteiger partial charge in [-0.15, -0.1) is 0 Å². The van der Waals surface area contributed by atoms with E-state index in [-0.39, 0.29) is 5.56 Å². The molecule has 5 nitrogen and oxygen atoms in total. The molecule has 0 aromatic carbocycles. The average Bonchev–Trinajstić information content (AvgIpc) is 2.04. The minimum atomic E-state index is -1.02. The summed E-state index contributed by atoms with van der Waals surface area (Å²) >= 11 is 3.11. The summed E-state index contributed by atoms with van der Waals surface area (Å²) in [4.78, 5) is 14.2. The minimum Gasteiger partial charge on any atom is -0.478 e. The van der Waals surface area contributed by atoms with Crippen LogP contribution in [0.5, 0.6) is 0 Å². The molecular formula is C6H6BrN3O2. The average molecular weight is 232 g/mol. The van der Waals surface area contributed by atoms with Crippen LogP contribution < -0.4 is 11.3 Å². The van der Waals surface area contributed by atoms with E-state index in [1.54, 1.807) is 0 Å². The lowest BCUT2D eigenvalue weighted by atomic mass is 10.3. The van der Waals surface area contributed by atoms with E-state index in [2.05, 4.69) is 26.3 Å². The number of carboxylic acids is 1. The molecule has 0 bridgehead atoms. The van der Waals surface area contributed by atoms with Crippen molar-refractivity contribution >= 4 is 27.7 Å². The molecule has 0 spiro atoms. The highest BCUT2D eigenvalue weighted by molar-refractivity contribution is 9.10. The third kappa shape index (κ3) is 1.72. The Morgan fingerprint density at radius 2 is 2.42 bits per heavy atom. The Kier molecular flexibility index (Phi) is 2.61. The van der Waals surface area contributed by atoms with Crippen LogP contribution in [0, 0.1) is 0 Å². The SMILES string of the molecule is NNc1ncc(C(=O)O)cc1Br. The van der Waals surface area contributed by atoms with Crippen molar-refractivity contribution in [3.05, 3.63) is 22.3 Å². The number of hydrogen-bond acceptors (Lipinski definition) is 4. The number of aromatic nitrogens is 1. The molecule has 0 radical (unpaired) electrons. The molecule has 0 saturated heterocycles. The Balaban J connectivity index is 3.10. The van der Waals surface area contributed by atoms with Crippen LogP contribution in [0.15, 0.2) is 16.7 Å². The van der Waals surface area contributed by atoms with Crippen LogP contribution >= 0.6 is 15.9 Å². The highest BCUT2D eigenvalue weighted by Crippen LogP contribution is 2.19. The molecule has 0 aliphatic carbocycles. The number of pyridine rings is 1. The summed E-state index contributed by atoms with van der Waals surface area (Å²) in [6, 6.07) is 1.42. The first-order valence-corrected chi connectivity index (χ1v) is 3.80. The fourth-order valence-electron chi connectivity index (χ4n) is 0.661. The van der Waals surface area contributed by atoms with Gasteiger partial charge in [0.15, 0.2) is 5.82 Å². The molecule has 0 aliphatic rings. The normalized spacial score (nSPS) is 9.50. The zero-order valence-corrected chi connectivity index (χ0v) is 7.50. The summed E-state index contributed by atoms with van der Waals surface area (Å²) in [7, 11) is 0.